The molecule has 1 N–H and O–H groups in total. The van der Waals surface area contributed by atoms with Crippen LogP contribution >= 0.6 is 11.6 Å². The monoisotopic (exact) mass is 393 g/mol. The highest BCUT2D eigenvalue weighted by molar-refractivity contribution is 6.30. The van der Waals surface area contributed by atoms with Crippen LogP contribution in [0.15, 0.2) is 78.9 Å². The minimum Gasteiger partial charge on any atom is -0.449 e. The maximum Gasteiger partial charge on any atom is 0.339 e. The van der Waals surface area contributed by atoms with Gasteiger partial charge in [0.25, 0.3) is 5.91 Å². The lowest BCUT2D eigenvalue weighted by molar-refractivity contribution is -0.123. The van der Waals surface area contributed by atoms with Gasteiger partial charge in [0, 0.05) is 10.7 Å². The molecule has 0 unspecified atom stereocenters. The molecule has 0 aliphatic carbocycles. The molecule has 3 aromatic rings. The number of benzene rings is 3. The number of esters is 1. The Labute approximate surface area is 169 Å². The molecule has 0 aliphatic rings. The molecule has 3 aromatic carbocycles. The largest absolute Gasteiger partial charge is 0.449 e. The van der Waals surface area contributed by atoms with Crippen LogP contribution < -0.4 is 5.32 Å². The van der Waals surface area contributed by atoms with Crippen molar-refractivity contribution in [3.05, 3.63) is 101 Å². The van der Waals surface area contributed by atoms with E-state index >= 15 is 0 Å². The maximum atomic E-state index is 12.7. The van der Waals surface area contributed by atoms with E-state index in [9.17, 15) is 9.59 Å². The van der Waals surface area contributed by atoms with E-state index in [1.54, 1.807) is 36.4 Å². The molecule has 0 aliphatic heterocycles. The van der Waals surface area contributed by atoms with Crippen molar-refractivity contribution >= 4 is 29.2 Å². The minimum atomic E-state index is -0.948. The van der Waals surface area contributed by atoms with Crippen molar-refractivity contribution < 1.29 is 14.3 Å². The fourth-order valence-electron chi connectivity index (χ4n) is 2.78. The van der Waals surface area contributed by atoms with Gasteiger partial charge in [-0.25, -0.2) is 4.79 Å². The second-order valence-corrected chi connectivity index (χ2v) is 6.80. The molecular formula is C23H20ClNO3. The summed E-state index contributed by atoms with van der Waals surface area (Å²) in [5.41, 5.74) is 2.94. The Hall–Kier alpha value is -3.11. The Balaban J connectivity index is 1.68. The lowest BCUT2D eigenvalue weighted by Gasteiger charge is -2.15. The van der Waals surface area contributed by atoms with Gasteiger partial charge in [0.05, 0.1) is 5.56 Å². The van der Waals surface area contributed by atoms with Gasteiger partial charge >= 0.3 is 5.97 Å². The standard InChI is InChI=1S/C23H20ClNO3/c1-16(22(26)25-20-12-7-11-19(24)15-20)28-23(27)21-13-6-5-10-18(21)14-17-8-3-2-4-9-17/h2-13,15-16H,14H2,1H3,(H,25,26)/t16-/m0/s1. The number of carbonyl (C=O) groups is 2. The average molecular weight is 394 g/mol. The third-order valence-electron chi connectivity index (χ3n) is 4.22. The van der Waals surface area contributed by atoms with Crippen molar-refractivity contribution in [1.82, 2.24) is 0 Å². The van der Waals surface area contributed by atoms with Crippen LogP contribution in [-0.4, -0.2) is 18.0 Å². The molecule has 0 saturated carbocycles. The van der Waals surface area contributed by atoms with Crippen LogP contribution in [0.5, 0.6) is 0 Å². The van der Waals surface area contributed by atoms with Crippen LogP contribution in [-0.2, 0) is 16.0 Å². The number of rotatable bonds is 6. The van der Waals surface area contributed by atoms with Gasteiger partial charge in [-0.3, -0.25) is 4.79 Å². The number of amides is 1. The SMILES string of the molecule is C[C@H](OC(=O)c1ccccc1Cc1ccccc1)C(=O)Nc1cccc(Cl)c1. The Kier molecular flexibility index (Phi) is 6.45. The van der Waals surface area contributed by atoms with E-state index in [2.05, 4.69) is 5.32 Å². The van der Waals surface area contributed by atoms with Gasteiger partial charge in [-0.2, -0.15) is 0 Å². The highest BCUT2D eigenvalue weighted by Crippen LogP contribution is 2.18. The third-order valence-corrected chi connectivity index (χ3v) is 4.45. The van der Waals surface area contributed by atoms with E-state index in [1.165, 1.54) is 6.92 Å². The topological polar surface area (TPSA) is 55.4 Å². The molecule has 5 heteroatoms. The first-order valence-electron chi connectivity index (χ1n) is 8.92. The van der Waals surface area contributed by atoms with Crippen LogP contribution in [0.3, 0.4) is 0 Å². The molecular weight excluding hydrogens is 374 g/mol. The Bertz CT molecular complexity index is 972. The smallest absolute Gasteiger partial charge is 0.339 e. The summed E-state index contributed by atoms with van der Waals surface area (Å²) in [6.07, 6.45) is -0.342. The molecule has 1 atom stereocenters. The number of ether oxygens (including phenoxy) is 1. The Morgan fingerprint density at radius 3 is 2.43 bits per heavy atom. The first-order valence-corrected chi connectivity index (χ1v) is 9.30. The van der Waals surface area contributed by atoms with Crippen molar-refractivity contribution in [2.24, 2.45) is 0 Å². The molecule has 0 fully saturated rings. The third kappa shape index (κ3) is 5.21. The fourth-order valence-corrected chi connectivity index (χ4v) is 2.97. The van der Waals surface area contributed by atoms with Gasteiger partial charge in [-0.1, -0.05) is 66.2 Å². The predicted molar refractivity (Wildman–Crippen MR) is 111 cm³/mol. The molecule has 1 amide bonds. The Morgan fingerprint density at radius 1 is 0.964 bits per heavy atom. The molecule has 0 radical (unpaired) electrons. The second-order valence-electron chi connectivity index (χ2n) is 6.37. The highest BCUT2D eigenvalue weighted by atomic mass is 35.5. The number of anilines is 1. The summed E-state index contributed by atoms with van der Waals surface area (Å²) in [7, 11) is 0. The van der Waals surface area contributed by atoms with Crippen molar-refractivity contribution in [1.29, 1.82) is 0 Å². The summed E-state index contributed by atoms with van der Waals surface area (Å²) in [4.78, 5) is 25.0. The Morgan fingerprint density at radius 2 is 1.68 bits per heavy atom. The van der Waals surface area contributed by atoms with E-state index in [0.717, 1.165) is 11.1 Å². The number of carbonyl (C=O) groups excluding carboxylic acids is 2. The van der Waals surface area contributed by atoms with Crippen LogP contribution in [0.2, 0.25) is 5.02 Å². The number of hydrogen-bond acceptors (Lipinski definition) is 3. The summed E-state index contributed by atoms with van der Waals surface area (Å²) in [6, 6.07) is 23.9. The summed E-state index contributed by atoms with van der Waals surface area (Å²) in [5.74, 6) is -0.948. The van der Waals surface area contributed by atoms with E-state index in [1.807, 2.05) is 42.5 Å². The van der Waals surface area contributed by atoms with Crippen molar-refractivity contribution in [3.8, 4) is 0 Å². The van der Waals surface area contributed by atoms with Gasteiger partial charge in [0.2, 0.25) is 0 Å². The number of nitrogens with one attached hydrogen (secondary N) is 1. The fraction of sp³-hybridized carbons (Fsp3) is 0.130. The van der Waals surface area contributed by atoms with Crippen LogP contribution in [0, 0.1) is 0 Å². The number of halogens is 1. The molecule has 0 aromatic heterocycles. The van der Waals surface area contributed by atoms with Crippen LogP contribution in [0.25, 0.3) is 0 Å². The molecule has 0 spiro atoms. The molecule has 142 valence electrons. The molecule has 3 rings (SSSR count). The summed E-state index contributed by atoms with van der Waals surface area (Å²) >= 11 is 5.92. The van der Waals surface area contributed by atoms with Gasteiger partial charge in [0.15, 0.2) is 6.10 Å². The molecule has 28 heavy (non-hydrogen) atoms. The van der Waals surface area contributed by atoms with Crippen molar-refractivity contribution in [2.75, 3.05) is 5.32 Å². The van der Waals surface area contributed by atoms with Crippen molar-refractivity contribution in [3.63, 3.8) is 0 Å². The van der Waals surface area contributed by atoms with Gasteiger partial charge in [0.1, 0.15) is 0 Å². The summed E-state index contributed by atoms with van der Waals surface area (Å²) in [5, 5.41) is 3.20. The normalized spacial score (nSPS) is 11.5. The second kappa shape index (κ2) is 9.20. The lowest BCUT2D eigenvalue weighted by atomic mass is 10.00. The zero-order valence-electron chi connectivity index (χ0n) is 15.4. The molecule has 0 heterocycles. The van der Waals surface area contributed by atoms with E-state index < -0.39 is 18.0 Å². The summed E-state index contributed by atoms with van der Waals surface area (Å²) in [6.45, 7) is 1.54. The van der Waals surface area contributed by atoms with Gasteiger partial charge in [-0.15, -0.1) is 0 Å². The molecule has 0 saturated heterocycles. The first-order chi connectivity index (χ1) is 13.5. The van der Waals surface area contributed by atoms with Gasteiger partial charge < -0.3 is 10.1 Å². The van der Waals surface area contributed by atoms with E-state index in [0.29, 0.717) is 22.7 Å². The lowest BCUT2D eigenvalue weighted by Crippen LogP contribution is -2.30. The molecule has 4 nitrogen and oxygen atoms in total. The van der Waals surface area contributed by atoms with E-state index in [4.69, 9.17) is 16.3 Å². The minimum absolute atomic E-state index is 0.420. The average Bonchev–Trinajstić information content (AvgIpc) is 2.69. The highest BCUT2D eigenvalue weighted by Gasteiger charge is 2.21. The van der Waals surface area contributed by atoms with Crippen LogP contribution in [0.1, 0.15) is 28.4 Å². The first kappa shape index (κ1) is 19.6. The zero-order valence-corrected chi connectivity index (χ0v) is 16.1. The zero-order chi connectivity index (χ0) is 19.9. The number of hydrogen-bond donors (Lipinski definition) is 1. The van der Waals surface area contributed by atoms with E-state index in [-0.39, 0.29) is 0 Å². The van der Waals surface area contributed by atoms with Crippen LogP contribution in [0.4, 0.5) is 5.69 Å². The van der Waals surface area contributed by atoms with Gasteiger partial charge in [-0.05, 0) is 48.7 Å². The quantitative estimate of drug-likeness (QED) is 0.592. The predicted octanol–water partition coefficient (Wildman–Crippen LogP) is 5.11. The molecule has 0 bridgehead atoms. The maximum absolute atomic E-state index is 12.7. The summed E-state index contributed by atoms with van der Waals surface area (Å²) < 4.78 is 5.40. The van der Waals surface area contributed by atoms with Crippen molar-refractivity contribution in [2.45, 2.75) is 19.4 Å².